The van der Waals surface area contributed by atoms with Crippen LogP contribution in [0.5, 0.6) is 0 Å². The quantitative estimate of drug-likeness (QED) is 0.813. The van der Waals surface area contributed by atoms with Gasteiger partial charge >= 0.3 is 0 Å². The molecular weight excluding hydrogens is 278 g/mol. The summed E-state index contributed by atoms with van der Waals surface area (Å²) < 4.78 is 0. The Labute approximate surface area is 133 Å². The van der Waals surface area contributed by atoms with Gasteiger partial charge < -0.3 is 0 Å². The third-order valence-corrected chi connectivity index (χ3v) is 6.10. The molecule has 3 atom stereocenters. The Morgan fingerprint density at radius 2 is 2.24 bits per heavy atom. The minimum Gasteiger partial charge on any atom is -0.296 e. The normalized spacial score (nSPS) is 26.8. The lowest BCUT2D eigenvalue weighted by Crippen LogP contribution is -2.44. The van der Waals surface area contributed by atoms with Crippen molar-refractivity contribution in [3.63, 3.8) is 0 Å². The maximum Gasteiger partial charge on any atom is 0.0795 e. The fraction of sp³-hybridized carbons (Fsp3) is 0.765. The van der Waals surface area contributed by atoms with Gasteiger partial charge in [-0.25, -0.2) is 4.98 Å². The van der Waals surface area contributed by atoms with Gasteiger partial charge in [0.15, 0.2) is 0 Å². The maximum atomic E-state index is 9.49. The highest BCUT2D eigenvalue weighted by Crippen LogP contribution is 2.43. The van der Waals surface area contributed by atoms with Crippen LogP contribution in [0.25, 0.3) is 0 Å². The van der Waals surface area contributed by atoms with E-state index in [2.05, 4.69) is 49.2 Å². The van der Waals surface area contributed by atoms with E-state index in [9.17, 15) is 5.26 Å². The minimum atomic E-state index is 0.164. The Hall–Kier alpha value is -0.920. The van der Waals surface area contributed by atoms with Crippen LogP contribution in [0, 0.1) is 28.6 Å². The molecule has 0 radical (unpaired) electrons. The molecule has 1 aliphatic rings. The van der Waals surface area contributed by atoms with Gasteiger partial charge in [-0.2, -0.15) is 5.26 Å². The summed E-state index contributed by atoms with van der Waals surface area (Å²) >= 11 is 1.64. The first-order chi connectivity index (χ1) is 9.97. The van der Waals surface area contributed by atoms with Gasteiger partial charge in [0, 0.05) is 18.0 Å². The molecule has 1 fully saturated rings. The van der Waals surface area contributed by atoms with Crippen molar-refractivity contribution >= 4 is 11.3 Å². The van der Waals surface area contributed by atoms with E-state index in [4.69, 9.17) is 0 Å². The van der Waals surface area contributed by atoms with Crippen LogP contribution in [0.2, 0.25) is 0 Å². The van der Waals surface area contributed by atoms with Gasteiger partial charge in [-0.05, 0) is 37.6 Å². The van der Waals surface area contributed by atoms with Crippen LogP contribution in [0.3, 0.4) is 0 Å². The molecule has 1 aromatic rings. The lowest BCUT2D eigenvalue weighted by Gasteiger charge is -2.44. The summed E-state index contributed by atoms with van der Waals surface area (Å²) in [5.74, 6) is 0.882. The van der Waals surface area contributed by atoms with Crippen LogP contribution in [0.1, 0.15) is 52.1 Å². The maximum absolute atomic E-state index is 9.49. The van der Waals surface area contributed by atoms with Crippen LogP contribution >= 0.6 is 11.3 Å². The topological polar surface area (TPSA) is 39.9 Å². The van der Waals surface area contributed by atoms with E-state index in [1.54, 1.807) is 11.3 Å². The molecule has 0 spiro atoms. The molecule has 1 aromatic heterocycles. The van der Waals surface area contributed by atoms with Gasteiger partial charge in [-0.1, -0.05) is 27.2 Å². The summed E-state index contributed by atoms with van der Waals surface area (Å²) in [4.78, 5) is 6.73. The molecule has 0 saturated heterocycles. The first-order valence-corrected chi connectivity index (χ1v) is 8.89. The predicted molar refractivity (Wildman–Crippen MR) is 87.9 cm³/mol. The molecule has 0 amide bonds. The zero-order chi connectivity index (χ0) is 15.5. The van der Waals surface area contributed by atoms with Gasteiger partial charge in [-0.3, -0.25) is 4.90 Å². The molecule has 0 bridgehead atoms. The third kappa shape index (κ3) is 3.84. The van der Waals surface area contributed by atoms with E-state index in [0.29, 0.717) is 11.5 Å². The summed E-state index contributed by atoms with van der Waals surface area (Å²) in [7, 11) is 2.15. The molecule has 1 aliphatic carbocycles. The molecule has 3 nitrogen and oxygen atoms in total. The second-order valence-electron chi connectivity index (χ2n) is 7.05. The van der Waals surface area contributed by atoms with Crippen molar-refractivity contribution in [1.82, 2.24) is 9.88 Å². The highest BCUT2D eigenvalue weighted by Gasteiger charge is 2.38. The third-order valence-electron chi connectivity index (χ3n) is 5.46. The summed E-state index contributed by atoms with van der Waals surface area (Å²) in [5.41, 5.74) is 3.38. The molecular formula is C17H27N3S. The highest BCUT2D eigenvalue weighted by molar-refractivity contribution is 7.07. The summed E-state index contributed by atoms with van der Waals surface area (Å²) in [6.45, 7) is 7.89. The molecule has 2 rings (SSSR count). The molecule has 4 heteroatoms. The average Bonchev–Trinajstić information content (AvgIpc) is 2.99. The fourth-order valence-corrected chi connectivity index (χ4v) is 4.02. The van der Waals surface area contributed by atoms with Crippen LogP contribution in [0.4, 0.5) is 0 Å². The summed E-state index contributed by atoms with van der Waals surface area (Å²) in [5, 5.41) is 11.6. The Morgan fingerprint density at radius 3 is 2.81 bits per heavy atom. The van der Waals surface area contributed by atoms with E-state index in [1.165, 1.54) is 12.8 Å². The smallest absolute Gasteiger partial charge is 0.0795 e. The van der Waals surface area contributed by atoms with E-state index >= 15 is 0 Å². The summed E-state index contributed by atoms with van der Waals surface area (Å²) in [6.07, 6.45) is 4.58. The fourth-order valence-electron chi connectivity index (χ4n) is 3.47. The molecule has 116 valence electrons. The number of nitrogens with zero attached hydrogens (tertiary/aromatic N) is 3. The van der Waals surface area contributed by atoms with E-state index < -0.39 is 0 Å². The van der Waals surface area contributed by atoms with Crippen LogP contribution in [0.15, 0.2) is 10.9 Å². The van der Waals surface area contributed by atoms with Crippen molar-refractivity contribution in [1.29, 1.82) is 5.26 Å². The van der Waals surface area contributed by atoms with Crippen molar-refractivity contribution in [2.75, 3.05) is 7.05 Å². The van der Waals surface area contributed by atoms with E-state index in [-0.39, 0.29) is 5.92 Å². The lowest BCUT2D eigenvalue weighted by molar-refractivity contribution is 0.0608. The van der Waals surface area contributed by atoms with Crippen LogP contribution < -0.4 is 0 Å². The number of hydrogen-bond acceptors (Lipinski definition) is 4. The average molecular weight is 305 g/mol. The molecule has 1 saturated carbocycles. The highest BCUT2D eigenvalue weighted by atomic mass is 32.1. The predicted octanol–water partition coefficient (Wildman–Crippen LogP) is 4.32. The molecule has 1 heterocycles. The molecule has 0 aromatic carbocycles. The summed E-state index contributed by atoms with van der Waals surface area (Å²) in [6, 6.07) is 2.91. The molecule has 0 N–H and O–H groups in total. The van der Waals surface area contributed by atoms with Crippen molar-refractivity contribution in [3.05, 3.63) is 16.6 Å². The lowest BCUT2D eigenvalue weighted by atomic mass is 9.66. The van der Waals surface area contributed by atoms with Gasteiger partial charge in [-0.15, -0.1) is 11.3 Å². The van der Waals surface area contributed by atoms with Gasteiger partial charge in [0.25, 0.3) is 0 Å². The largest absolute Gasteiger partial charge is 0.296 e. The number of thiazole rings is 1. The Bertz CT molecular complexity index is 475. The van der Waals surface area contributed by atoms with Crippen LogP contribution in [-0.2, 0) is 6.54 Å². The Balaban J connectivity index is 2.08. The monoisotopic (exact) mass is 305 g/mol. The molecule has 0 aliphatic heterocycles. The standard InChI is InChI=1S/C17H27N3S/c1-5-17(2,3)14-7-6-13(9-18)16(8-14)20(4)10-15-11-21-12-19-15/h11-14,16H,5-8,10H2,1-4H3. The van der Waals surface area contributed by atoms with E-state index in [1.807, 2.05) is 5.51 Å². The van der Waals surface area contributed by atoms with Crippen molar-refractivity contribution in [3.8, 4) is 6.07 Å². The number of aromatic nitrogens is 1. The zero-order valence-electron chi connectivity index (χ0n) is 13.7. The molecule has 3 unspecified atom stereocenters. The number of rotatable bonds is 5. The van der Waals surface area contributed by atoms with Gasteiger partial charge in [0.1, 0.15) is 0 Å². The Kier molecular flexibility index (Phi) is 5.40. The van der Waals surface area contributed by atoms with Crippen molar-refractivity contribution in [2.24, 2.45) is 17.3 Å². The Morgan fingerprint density at radius 1 is 1.48 bits per heavy atom. The first-order valence-electron chi connectivity index (χ1n) is 7.95. The second kappa shape index (κ2) is 6.89. The van der Waals surface area contributed by atoms with E-state index in [0.717, 1.165) is 31.0 Å². The van der Waals surface area contributed by atoms with Crippen LogP contribution in [-0.4, -0.2) is 23.0 Å². The minimum absolute atomic E-state index is 0.164. The second-order valence-corrected chi connectivity index (χ2v) is 7.77. The van der Waals surface area contributed by atoms with Gasteiger partial charge in [0.05, 0.1) is 23.2 Å². The zero-order valence-corrected chi connectivity index (χ0v) is 14.5. The number of nitriles is 1. The first kappa shape index (κ1) is 16.5. The SMILES string of the molecule is CCC(C)(C)C1CCC(C#N)C(N(C)Cc2cscn2)C1. The molecule has 21 heavy (non-hydrogen) atoms. The van der Waals surface area contributed by atoms with Crippen molar-refractivity contribution < 1.29 is 0 Å². The number of hydrogen-bond donors (Lipinski definition) is 0. The van der Waals surface area contributed by atoms with Crippen molar-refractivity contribution in [2.45, 2.75) is 59.0 Å². The van der Waals surface area contributed by atoms with Gasteiger partial charge in [0.2, 0.25) is 0 Å².